The molecular weight excluding hydrogens is 318 g/mol. The van der Waals surface area contributed by atoms with Crippen molar-refractivity contribution < 1.29 is 14.3 Å². The van der Waals surface area contributed by atoms with Gasteiger partial charge in [0.25, 0.3) is 0 Å². The number of rotatable bonds is 5. The number of hydrogen-bond donors (Lipinski definition) is 1. The normalized spacial score (nSPS) is 24.0. The molecular formula is C19H27N3O3. The minimum Gasteiger partial charge on any atom is -0.378 e. The van der Waals surface area contributed by atoms with Crippen LogP contribution in [0.5, 0.6) is 0 Å². The number of nitrogens with zero attached hydrogens (tertiary/aromatic N) is 2. The van der Waals surface area contributed by atoms with Crippen molar-refractivity contribution in [1.29, 1.82) is 0 Å². The molecule has 0 aliphatic carbocycles. The van der Waals surface area contributed by atoms with Gasteiger partial charge in [-0.2, -0.15) is 0 Å². The number of pyridine rings is 1. The second-order valence-electron chi connectivity index (χ2n) is 7.35. The van der Waals surface area contributed by atoms with E-state index in [1.807, 2.05) is 6.07 Å². The molecule has 1 N–H and O–H groups in total. The van der Waals surface area contributed by atoms with Gasteiger partial charge in [0.05, 0.1) is 18.0 Å². The number of amides is 2. The third-order valence-corrected chi connectivity index (χ3v) is 5.04. The molecule has 2 atom stereocenters. The molecule has 3 rings (SSSR count). The summed E-state index contributed by atoms with van der Waals surface area (Å²) in [6.45, 7) is 5.79. The maximum atomic E-state index is 12.3. The Balaban J connectivity index is 1.51. The Kier molecular flexibility index (Phi) is 5.68. The lowest BCUT2D eigenvalue weighted by atomic mass is 9.88. The van der Waals surface area contributed by atoms with Crippen molar-refractivity contribution in [3.63, 3.8) is 0 Å². The van der Waals surface area contributed by atoms with E-state index in [0.29, 0.717) is 30.5 Å². The van der Waals surface area contributed by atoms with Crippen LogP contribution in [-0.4, -0.2) is 36.1 Å². The fourth-order valence-corrected chi connectivity index (χ4v) is 3.55. The van der Waals surface area contributed by atoms with Crippen molar-refractivity contribution in [2.24, 2.45) is 11.8 Å². The van der Waals surface area contributed by atoms with Crippen molar-refractivity contribution in [2.45, 2.75) is 52.1 Å². The zero-order valence-electron chi connectivity index (χ0n) is 15.0. The lowest BCUT2D eigenvalue weighted by molar-refractivity contribution is -0.119. The summed E-state index contributed by atoms with van der Waals surface area (Å²) in [6.07, 6.45) is 5.76. The summed E-state index contributed by atoms with van der Waals surface area (Å²) < 4.78 is 5.76. The average molecular weight is 345 g/mol. The van der Waals surface area contributed by atoms with Gasteiger partial charge in [-0.05, 0) is 43.2 Å². The molecule has 3 heterocycles. The van der Waals surface area contributed by atoms with Crippen LogP contribution in [0.3, 0.4) is 0 Å². The first-order chi connectivity index (χ1) is 12.0. The predicted molar refractivity (Wildman–Crippen MR) is 96.4 cm³/mol. The van der Waals surface area contributed by atoms with E-state index < -0.39 is 0 Å². The summed E-state index contributed by atoms with van der Waals surface area (Å²) in [5, 5.41) is 2.87. The molecule has 0 radical (unpaired) electrons. The highest BCUT2D eigenvalue weighted by Gasteiger charge is 2.26. The molecule has 2 aliphatic rings. The van der Waals surface area contributed by atoms with E-state index in [0.717, 1.165) is 38.1 Å². The molecule has 6 heteroatoms. The number of hydrogen-bond acceptors (Lipinski definition) is 4. The Labute approximate surface area is 148 Å². The zero-order chi connectivity index (χ0) is 17.8. The molecule has 1 aromatic rings. The lowest BCUT2D eigenvalue weighted by Crippen LogP contribution is -2.31. The zero-order valence-corrected chi connectivity index (χ0v) is 15.0. The highest BCUT2D eigenvalue weighted by molar-refractivity contribution is 5.95. The third-order valence-electron chi connectivity index (χ3n) is 5.04. The Morgan fingerprint density at radius 2 is 2.28 bits per heavy atom. The smallest absolute Gasteiger partial charge is 0.227 e. The molecule has 0 unspecified atom stereocenters. The van der Waals surface area contributed by atoms with E-state index in [4.69, 9.17) is 4.74 Å². The van der Waals surface area contributed by atoms with Gasteiger partial charge in [-0.3, -0.25) is 9.59 Å². The first-order valence-corrected chi connectivity index (χ1v) is 9.21. The van der Waals surface area contributed by atoms with Crippen LogP contribution in [0.15, 0.2) is 18.3 Å². The molecule has 1 aromatic heterocycles. The van der Waals surface area contributed by atoms with Gasteiger partial charge in [-0.15, -0.1) is 0 Å². The molecule has 6 nitrogen and oxygen atoms in total. The Morgan fingerprint density at radius 3 is 2.92 bits per heavy atom. The van der Waals surface area contributed by atoms with Crippen LogP contribution < -0.4 is 10.2 Å². The van der Waals surface area contributed by atoms with Gasteiger partial charge in [0, 0.05) is 26.0 Å². The van der Waals surface area contributed by atoms with Crippen LogP contribution in [0, 0.1) is 11.8 Å². The number of carbonyl (C=O) groups excluding carboxylic acids is 2. The van der Waals surface area contributed by atoms with Gasteiger partial charge in [0.2, 0.25) is 11.8 Å². The van der Waals surface area contributed by atoms with Crippen LogP contribution >= 0.6 is 0 Å². The van der Waals surface area contributed by atoms with Gasteiger partial charge in [0.1, 0.15) is 5.82 Å². The molecule has 0 saturated carbocycles. The Bertz CT molecular complexity index is 615. The molecule has 2 saturated heterocycles. The van der Waals surface area contributed by atoms with Gasteiger partial charge in [-0.1, -0.05) is 13.8 Å². The van der Waals surface area contributed by atoms with Crippen molar-refractivity contribution in [3.05, 3.63) is 18.3 Å². The molecule has 0 bridgehead atoms. The Hall–Kier alpha value is -1.95. The fourth-order valence-electron chi connectivity index (χ4n) is 3.55. The average Bonchev–Trinajstić information content (AvgIpc) is 3.02. The summed E-state index contributed by atoms with van der Waals surface area (Å²) in [6, 6.07) is 3.61. The van der Waals surface area contributed by atoms with E-state index in [9.17, 15) is 9.59 Å². The molecule has 25 heavy (non-hydrogen) atoms. The number of carbonyl (C=O) groups is 2. The van der Waals surface area contributed by atoms with E-state index in [2.05, 4.69) is 24.1 Å². The van der Waals surface area contributed by atoms with Gasteiger partial charge < -0.3 is 15.0 Å². The largest absolute Gasteiger partial charge is 0.378 e. The molecule has 2 aliphatic heterocycles. The number of ether oxygens (including phenoxy) is 1. The van der Waals surface area contributed by atoms with Gasteiger partial charge >= 0.3 is 0 Å². The standard InChI is InChI=1S/C19H27N3O3/c1-13(2)16-10-14(7-9-25-16)11-18(23)21-17-6-5-15(12-20-17)22-8-3-4-19(22)24/h5-6,12-14,16H,3-4,7-11H2,1-2H3,(H,20,21,23)/t14-,16+/m1/s1. The number of anilines is 2. The number of nitrogens with one attached hydrogen (secondary N) is 1. The summed E-state index contributed by atoms with van der Waals surface area (Å²) in [5.41, 5.74) is 0.796. The monoisotopic (exact) mass is 345 g/mol. The van der Waals surface area contributed by atoms with E-state index in [-0.39, 0.29) is 17.9 Å². The van der Waals surface area contributed by atoms with Crippen LogP contribution in [0.25, 0.3) is 0 Å². The van der Waals surface area contributed by atoms with E-state index in [1.165, 1.54) is 0 Å². The van der Waals surface area contributed by atoms with Gasteiger partial charge in [0.15, 0.2) is 0 Å². The Morgan fingerprint density at radius 1 is 1.44 bits per heavy atom. The van der Waals surface area contributed by atoms with Crippen LogP contribution in [0.2, 0.25) is 0 Å². The summed E-state index contributed by atoms with van der Waals surface area (Å²) in [5.74, 6) is 1.51. The third kappa shape index (κ3) is 4.57. The second kappa shape index (κ2) is 7.95. The summed E-state index contributed by atoms with van der Waals surface area (Å²) >= 11 is 0. The first-order valence-electron chi connectivity index (χ1n) is 9.21. The van der Waals surface area contributed by atoms with Crippen molar-refractivity contribution in [3.8, 4) is 0 Å². The molecule has 2 amide bonds. The SMILES string of the molecule is CC(C)[C@@H]1C[C@H](CC(=O)Nc2ccc(N3CCCC3=O)cn2)CCO1. The lowest BCUT2D eigenvalue weighted by Gasteiger charge is -2.31. The van der Waals surface area contributed by atoms with E-state index >= 15 is 0 Å². The maximum absolute atomic E-state index is 12.3. The van der Waals surface area contributed by atoms with E-state index in [1.54, 1.807) is 17.2 Å². The fraction of sp³-hybridized carbons (Fsp3) is 0.632. The molecule has 0 aromatic carbocycles. The topological polar surface area (TPSA) is 71.5 Å². The molecule has 2 fully saturated rings. The first kappa shape index (κ1) is 17.9. The summed E-state index contributed by atoms with van der Waals surface area (Å²) in [7, 11) is 0. The predicted octanol–water partition coefficient (Wildman–Crippen LogP) is 2.99. The van der Waals surface area contributed by atoms with Crippen molar-refractivity contribution in [1.82, 2.24) is 4.98 Å². The summed E-state index contributed by atoms with van der Waals surface area (Å²) in [4.78, 5) is 30.1. The highest BCUT2D eigenvalue weighted by Crippen LogP contribution is 2.27. The highest BCUT2D eigenvalue weighted by atomic mass is 16.5. The van der Waals surface area contributed by atoms with Crippen LogP contribution in [-0.2, 0) is 14.3 Å². The van der Waals surface area contributed by atoms with Crippen molar-refractivity contribution >= 4 is 23.3 Å². The van der Waals surface area contributed by atoms with Crippen molar-refractivity contribution in [2.75, 3.05) is 23.4 Å². The second-order valence-corrected chi connectivity index (χ2v) is 7.35. The van der Waals surface area contributed by atoms with Crippen LogP contribution in [0.1, 0.15) is 46.0 Å². The molecule has 0 spiro atoms. The maximum Gasteiger partial charge on any atom is 0.227 e. The molecule has 136 valence electrons. The number of aromatic nitrogens is 1. The van der Waals surface area contributed by atoms with Gasteiger partial charge in [-0.25, -0.2) is 4.98 Å². The quantitative estimate of drug-likeness (QED) is 0.890. The van der Waals surface area contributed by atoms with Crippen LogP contribution in [0.4, 0.5) is 11.5 Å². The minimum absolute atomic E-state index is 0.00750. The minimum atomic E-state index is -0.00750.